The number of hydrogen-bond acceptors (Lipinski definition) is 2. The van der Waals surface area contributed by atoms with Crippen molar-refractivity contribution in [1.29, 1.82) is 0 Å². The molecule has 0 aromatic heterocycles. The number of ether oxygens (including phenoxy) is 1. The van der Waals surface area contributed by atoms with Crippen LogP contribution < -0.4 is 0 Å². The molecule has 0 N–H and O–H groups in total. The molecule has 0 aromatic carbocycles. The summed E-state index contributed by atoms with van der Waals surface area (Å²) in [5.74, 6) is 0.639. The summed E-state index contributed by atoms with van der Waals surface area (Å²) in [5, 5.41) is 0.275. The van der Waals surface area contributed by atoms with Gasteiger partial charge in [-0.25, -0.2) is 0 Å². The molecule has 2 aliphatic rings. The van der Waals surface area contributed by atoms with Gasteiger partial charge in [-0.2, -0.15) is 0 Å². The van der Waals surface area contributed by atoms with Gasteiger partial charge < -0.3 is 9.16 Å². The van der Waals surface area contributed by atoms with Crippen molar-refractivity contribution in [1.82, 2.24) is 0 Å². The number of hydrogen-bond donors (Lipinski definition) is 0. The molecule has 0 aliphatic heterocycles. The number of rotatable bonds is 4. The standard InChI is InChI=1S/C16H30O2Si/c1-15(2,3)19(5,6)18-16-10-8-7-9-13(16)11-14(16)12-17-4/h11,13H,7-10,12H2,1-6H3/t13-,16+/m1/s1. The van der Waals surface area contributed by atoms with E-state index in [1.54, 1.807) is 7.11 Å². The normalized spacial score (nSPS) is 31.5. The molecule has 0 amide bonds. The molecule has 0 saturated heterocycles. The molecule has 0 aromatic rings. The molecule has 3 heteroatoms. The lowest BCUT2D eigenvalue weighted by Crippen LogP contribution is -2.59. The minimum absolute atomic E-state index is 0.0251. The molecule has 2 aliphatic carbocycles. The zero-order valence-corrected chi connectivity index (χ0v) is 14.5. The fourth-order valence-corrected chi connectivity index (χ4v) is 4.80. The maximum atomic E-state index is 6.89. The van der Waals surface area contributed by atoms with Crippen molar-refractivity contribution < 1.29 is 9.16 Å². The van der Waals surface area contributed by atoms with E-state index in [1.165, 1.54) is 31.3 Å². The third-order valence-electron chi connectivity index (χ3n) is 5.40. The van der Waals surface area contributed by atoms with E-state index in [1.807, 2.05) is 0 Å². The van der Waals surface area contributed by atoms with Gasteiger partial charge in [-0.3, -0.25) is 0 Å². The van der Waals surface area contributed by atoms with Crippen LogP contribution in [0.1, 0.15) is 46.5 Å². The summed E-state index contributed by atoms with van der Waals surface area (Å²) >= 11 is 0. The Morgan fingerprint density at radius 2 is 2.00 bits per heavy atom. The molecule has 2 nitrogen and oxygen atoms in total. The molecule has 1 saturated carbocycles. The minimum Gasteiger partial charge on any atom is -0.407 e. The van der Waals surface area contributed by atoms with Crippen LogP contribution in [0.4, 0.5) is 0 Å². The van der Waals surface area contributed by atoms with Crippen LogP contribution in [-0.2, 0) is 9.16 Å². The monoisotopic (exact) mass is 282 g/mol. The average molecular weight is 282 g/mol. The molecule has 1 fully saturated rings. The van der Waals surface area contributed by atoms with Gasteiger partial charge in [-0.1, -0.05) is 39.7 Å². The molecule has 2 rings (SSSR count). The van der Waals surface area contributed by atoms with Crippen LogP contribution in [0.15, 0.2) is 11.6 Å². The van der Waals surface area contributed by atoms with Gasteiger partial charge in [0.05, 0.1) is 12.2 Å². The van der Waals surface area contributed by atoms with Crippen LogP contribution >= 0.6 is 0 Å². The van der Waals surface area contributed by atoms with E-state index in [4.69, 9.17) is 9.16 Å². The second-order valence-corrected chi connectivity index (χ2v) is 12.5. The van der Waals surface area contributed by atoms with Crippen LogP contribution in [0.2, 0.25) is 18.1 Å². The van der Waals surface area contributed by atoms with Crippen LogP contribution in [0, 0.1) is 5.92 Å². The van der Waals surface area contributed by atoms with Crippen molar-refractivity contribution in [2.75, 3.05) is 13.7 Å². The Balaban J connectivity index is 2.22. The summed E-state index contributed by atoms with van der Waals surface area (Å²) < 4.78 is 12.3. The highest BCUT2D eigenvalue weighted by Gasteiger charge is 2.54. The Kier molecular flexibility index (Phi) is 4.03. The highest BCUT2D eigenvalue weighted by molar-refractivity contribution is 6.74. The van der Waals surface area contributed by atoms with Crippen LogP contribution in [-0.4, -0.2) is 27.6 Å². The Morgan fingerprint density at radius 3 is 2.53 bits per heavy atom. The maximum Gasteiger partial charge on any atom is 0.193 e. The van der Waals surface area contributed by atoms with Crippen molar-refractivity contribution in [2.45, 2.75) is 70.2 Å². The lowest BCUT2D eigenvalue weighted by molar-refractivity contribution is -0.0198. The minimum atomic E-state index is -1.72. The predicted octanol–water partition coefficient (Wildman–Crippen LogP) is 4.52. The maximum absolute atomic E-state index is 6.89. The Labute approximate surface area is 119 Å². The molecule has 0 bridgehead atoms. The molecule has 2 atom stereocenters. The summed E-state index contributed by atoms with van der Waals surface area (Å²) in [5.41, 5.74) is 1.43. The van der Waals surface area contributed by atoms with Crippen LogP contribution in [0.25, 0.3) is 0 Å². The van der Waals surface area contributed by atoms with Gasteiger partial charge in [0.25, 0.3) is 0 Å². The number of fused-ring (bicyclic) bond motifs is 1. The zero-order valence-electron chi connectivity index (χ0n) is 13.5. The van der Waals surface area contributed by atoms with Gasteiger partial charge >= 0.3 is 0 Å². The van der Waals surface area contributed by atoms with E-state index in [0.717, 1.165) is 6.61 Å². The van der Waals surface area contributed by atoms with Gasteiger partial charge in [0.2, 0.25) is 0 Å². The molecular weight excluding hydrogens is 252 g/mol. The Bertz CT molecular complexity index is 367. The molecule has 0 spiro atoms. The lowest BCUT2D eigenvalue weighted by atomic mass is 9.63. The fraction of sp³-hybridized carbons (Fsp3) is 0.875. The van der Waals surface area contributed by atoms with Crippen molar-refractivity contribution in [2.24, 2.45) is 5.92 Å². The second-order valence-electron chi connectivity index (χ2n) is 7.73. The first-order valence-corrected chi connectivity index (χ1v) is 10.5. The average Bonchev–Trinajstić information content (AvgIpc) is 2.27. The van der Waals surface area contributed by atoms with Crippen molar-refractivity contribution in [3.63, 3.8) is 0 Å². The van der Waals surface area contributed by atoms with Gasteiger partial charge in [0, 0.05) is 13.0 Å². The van der Waals surface area contributed by atoms with Crippen molar-refractivity contribution >= 4 is 8.32 Å². The summed E-state index contributed by atoms with van der Waals surface area (Å²) in [6, 6.07) is 0. The van der Waals surface area contributed by atoms with E-state index in [0.29, 0.717) is 5.92 Å². The largest absolute Gasteiger partial charge is 0.407 e. The fourth-order valence-electron chi connectivity index (χ4n) is 3.20. The molecular formula is C16H30O2Si. The van der Waals surface area contributed by atoms with Gasteiger partial charge in [0.1, 0.15) is 0 Å². The molecule has 19 heavy (non-hydrogen) atoms. The smallest absolute Gasteiger partial charge is 0.193 e. The predicted molar refractivity (Wildman–Crippen MR) is 82.9 cm³/mol. The Hall–Kier alpha value is -0.123. The zero-order chi connectivity index (χ0) is 14.3. The quantitative estimate of drug-likeness (QED) is 0.557. The van der Waals surface area contributed by atoms with Gasteiger partial charge in [0.15, 0.2) is 8.32 Å². The lowest BCUT2D eigenvalue weighted by Gasteiger charge is -2.56. The highest BCUT2D eigenvalue weighted by Crippen LogP contribution is 2.54. The first kappa shape index (κ1) is 15.3. The van der Waals surface area contributed by atoms with Crippen molar-refractivity contribution in [3.05, 3.63) is 11.6 Å². The molecule has 0 radical (unpaired) electrons. The van der Waals surface area contributed by atoms with E-state index in [-0.39, 0.29) is 10.6 Å². The number of methoxy groups -OCH3 is 1. The van der Waals surface area contributed by atoms with E-state index >= 15 is 0 Å². The van der Waals surface area contributed by atoms with Crippen molar-refractivity contribution in [3.8, 4) is 0 Å². The topological polar surface area (TPSA) is 18.5 Å². The molecule has 110 valence electrons. The first-order valence-electron chi connectivity index (χ1n) is 7.63. The third-order valence-corrected chi connectivity index (χ3v) is 9.89. The van der Waals surface area contributed by atoms with Crippen LogP contribution in [0.5, 0.6) is 0 Å². The molecule has 0 unspecified atom stereocenters. The first-order chi connectivity index (χ1) is 8.73. The summed E-state index contributed by atoms with van der Waals surface area (Å²) in [6.07, 6.45) is 7.55. The summed E-state index contributed by atoms with van der Waals surface area (Å²) in [6.45, 7) is 12.5. The second kappa shape index (κ2) is 5.01. The summed E-state index contributed by atoms with van der Waals surface area (Å²) in [4.78, 5) is 0. The SMILES string of the molecule is COCC1=C[C@H]2CCCC[C@@]12O[Si](C)(C)C(C)(C)C. The Morgan fingerprint density at radius 1 is 1.32 bits per heavy atom. The molecule has 0 heterocycles. The van der Waals surface area contributed by atoms with Crippen LogP contribution in [0.3, 0.4) is 0 Å². The summed E-state index contributed by atoms with van der Waals surface area (Å²) in [7, 11) is 0.0663. The van der Waals surface area contributed by atoms with E-state index < -0.39 is 8.32 Å². The van der Waals surface area contributed by atoms with Gasteiger partial charge in [-0.05, 0) is 36.5 Å². The third kappa shape index (κ3) is 2.57. The van der Waals surface area contributed by atoms with Gasteiger partial charge in [-0.15, -0.1) is 0 Å². The van der Waals surface area contributed by atoms with E-state index in [9.17, 15) is 0 Å². The highest BCUT2D eigenvalue weighted by atomic mass is 28.4. The van der Waals surface area contributed by atoms with E-state index in [2.05, 4.69) is 39.9 Å².